The van der Waals surface area contributed by atoms with E-state index in [0.717, 1.165) is 19.3 Å². The smallest absolute Gasteiger partial charge is 0.317 e. The zero-order valence-electron chi connectivity index (χ0n) is 9.95. The van der Waals surface area contributed by atoms with Crippen LogP contribution in [0.2, 0.25) is 0 Å². The molecule has 1 heterocycles. The second-order valence-electron chi connectivity index (χ2n) is 3.80. The van der Waals surface area contributed by atoms with E-state index in [0.29, 0.717) is 6.42 Å². The molecule has 0 aliphatic carbocycles. The lowest BCUT2D eigenvalue weighted by atomic mass is 10.2. The maximum absolute atomic E-state index is 11.8. The van der Waals surface area contributed by atoms with Crippen LogP contribution in [-0.2, 0) is 9.09 Å². The molecule has 0 aromatic heterocycles. The molecule has 1 atom stereocenters. The molecule has 0 radical (unpaired) electrons. The van der Waals surface area contributed by atoms with Crippen molar-refractivity contribution in [2.45, 2.75) is 45.4 Å². The van der Waals surface area contributed by atoms with E-state index < -0.39 is 7.91 Å². The van der Waals surface area contributed by atoms with Crippen LogP contribution in [0.5, 0.6) is 0 Å². The van der Waals surface area contributed by atoms with Gasteiger partial charge in [0.05, 0.1) is 6.61 Å². The van der Waals surface area contributed by atoms with E-state index >= 15 is 0 Å². The highest BCUT2D eigenvalue weighted by Crippen LogP contribution is 2.43. The van der Waals surface area contributed by atoms with E-state index in [1.54, 1.807) is 0 Å². The van der Waals surface area contributed by atoms with Gasteiger partial charge in [-0.2, -0.15) is 0 Å². The highest BCUT2D eigenvalue weighted by atomic mass is 31.2. The summed E-state index contributed by atoms with van der Waals surface area (Å²) in [4.78, 5) is 8.04. The third-order valence-electron chi connectivity index (χ3n) is 2.21. The van der Waals surface area contributed by atoms with Gasteiger partial charge in [0.15, 0.2) is 0 Å². The molecule has 0 amide bonds. The van der Waals surface area contributed by atoms with Gasteiger partial charge in [-0.05, 0) is 32.4 Å². The molecule has 98 valence electrons. The van der Waals surface area contributed by atoms with Gasteiger partial charge in [0, 0.05) is 0 Å². The van der Waals surface area contributed by atoms with Crippen molar-refractivity contribution in [3.05, 3.63) is 0 Å². The lowest BCUT2D eigenvalue weighted by Gasteiger charge is -2.01. The molecule has 16 heavy (non-hydrogen) atoms. The maximum atomic E-state index is 11.8. The Bertz CT molecular complexity index is 187. The lowest BCUT2D eigenvalue weighted by Crippen LogP contribution is -2.03. The van der Waals surface area contributed by atoms with Gasteiger partial charge in [-0.3, -0.25) is 9.42 Å². The number of hydrogen-bond acceptors (Lipinski definition) is 3. The minimum Gasteiger partial charge on any atom is -0.317 e. The first-order chi connectivity index (χ1) is 7.56. The minimum absolute atomic E-state index is 0.0320. The third-order valence-corrected chi connectivity index (χ3v) is 2.71. The van der Waals surface area contributed by atoms with Crippen molar-refractivity contribution >= 4 is 7.91 Å². The van der Waals surface area contributed by atoms with Gasteiger partial charge < -0.3 is 5.32 Å². The summed E-state index contributed by atoms with van der Waals surface area (Å²) in [5, 5.41) is 3.22. The fourth-order valence-corrected chi connectivity index (χ4v) is 1.69. The van der Waals surface area contributed by atoms with Gasteiger partial charge in [-0.15, -0.1) is 4.20 Å². The van der Waals surface area contributed by atoms with Crippen molar-refractivity contribution in [3.8, 4) is 0 Å². The molecule has 0 saturated carbocycles. The molecule has 2 N–H and O–H groups in total. The van der Waals surface area contributed by atoms with Crippen LogP contribution in [0.4, 0.5) is 4.20 Å². The van der Waals surface area contributed by atoms with Gasteiger partial charge in [-0.1, -0.05) is 26.2 Å². The lowest BCUT2D eigenvalue weighted by molar-refractivity contribution is 0.222. The predicted molar refractivity (Wildman–Crippen MR) is 63.1 cm³/mol. The summed E-state index contributed by atoms with van der Waals surface area (Å²) in [5.41, 5.74) is 0. The molecule has 1 aliphatic heterocycles. The third kappa shape index (κ3) is 14.0. The zero-order chi connectivity index (χ0) is 12.3. The first-order valence-electron chi connectivity index (χ1n) is 5.94. The van der Waals surface area contributed by atoms with Crippen LogP contribution < -0.4 is 5.32 Å². The summed E-state index contributed by atoms with van der Waals surface area (Å²) in [5.74, 6) is 0. The topological polar surface area (TPSA) is 58.6 Å². The van der Waals surface area contributed by atoms with Gasteiger partial charge in [0.1, 0.15) is 0 Å². The van der Waals surface area contributed by atoms with Crippen molar-refractivity contribution in [2.75, 3.05) is 19.7 Å². The predicted octanol–water partition coefficient (Wildman–Crippen LogP) is 3.02. The summed E-state index contributed by atoms with van der Waals surface area (Å²) in [7, 11) is -4.71. The van der Waals surface area contributed by atoms with Crippen molar-refractivity contribution in [2.24, 2.45) is 0 Å². The zero-order valence-corrected chi connectivity index (χ0v) is 10.8. The summed E-state index contributed by atoms with van der Waals surface area (Å²) in [6, 6.07) is 0. The number of hydrogen-bond donors (Lipinski definition) is 2. The molecule has 1 unspecified atom stereocenters. The molecule has 1 fully saturated rings. The van der Waals surface area contributed by atoms with Crippen molar-refractivity contribution in [1.82, 2.24) is 5.32 Å². The normalized spacial score (nSPS) is 18.7. The Morgan fingerprint density at radius 1 is 1.31 bits per heavy atom. The molecular formula is C10H23FNO3P. The first kappa shape index (κ1) is 16.0. The molecule has 0 spiro atoms. The second kappa shape index (κ2) is 10.2. The number of rotatable bonds is 6. The quantitative estimate of drug-likeness (QED) is 0.565. The monoisotopic (exact) mass is 255 g/mol. The fourth-order valence-electron chi connectivity index (χ4n) is 1.33. The van der Waals surface area contributed by atoms with Crippen molar-refractivity contribution in [1.29, 1.82) is 0 Å². The SMILES string of the molecule is C1CCNC1.CCCCCCOP(=O)(O)F. The summed E-state index contributed by atoms with van der Waals surface area (Å²) in [6.45, 7) is 4.58. The van der Waals surface area contributed by atoms with Crippen LogP contribution >= 0.6 is 7.91 Å². The number of halogens is 1. The highest BCUT2D eigenvalue weighted by molar-refractivity contribution is 7.46. The molecule has 4 nitrogen and oxygen atoms in total. The Morgan fingerprint density at radius 3 is 2.31 bits per heavy atom. The maximum Gasteiger partial charge on any atom is 0.510 e. The standard InChI is InChI=1S/C6H14FO3P.C4H9N/c1-2-3-4-5-6-10-11(7,8)9;1-2-4-5-3-1/h2-6H2,1H3,(H,8,9);5H,1-4H2. The van der Waals surface area contributed by atoms with E-state index in [2.05, 4.69) is 9.84 Å². The number of unbranched alkanes of at least 4 members (excludes halogenated alkanes) is 3. The Hall–Kier alpha value is 0.0400. The molecule has 1 rings (SSSR count). The molecule has 6 heteroatoms. The van der Waals surface area contributed by atoms with E-state index in [1.807, 2.05) is 6.92 Å². The largest absolute Gasteiger partial charge is 0.510 e. The summed E-state index contributed by atoms with van der Waals surface area (Å²) in [6.07, 6.45) is 6.45. The van der Waals surface area contributed by atoms with E-state index in [-0.39, 0.29) is 6.61 Å². The average Bonchev–Trinajstić information content (AvgIpc) is 2.73. The van der Waals surface area contributed by atoms with Crippen molar-refractivity contribution < 1.29 is 18.2 Å². The highest BCUT2D eigenvalue weighted by Gasteiger charge is 2.15. The Kier molecular flexibility index (Phi) is 10.2. The van der Waals surface area contributed by atoms with E-state index in [9.17, 15) is 8.76 Å². The Labute approximate surface area is 97.2 Å². The van der Waals surface area contributed by atoms with Gasteiger partial charge in [0.2, 0.25) is 0 Å². The van der Waals surface area contributed by atoms with E-state index in [4.69, 9.17) is 4.89 Å². The van der Waals surface area contributed by atoms with Gasteiger partial charge in [-0.25, -0.2) is 4.57 Å². The molecule has 0 aromatic rings. The number of nitrogens with one attached hydrogen (secondary N) is 1. The molecule has 0 aromatic carbocycles. The molecule has 1 aliphatic rings. The Balaban J connectivity index is 0.000000368. The minimum atomic E-state index is -4.71. The average molecular weight is 255 g/mol. The van der Waals surface area contributed by atoms with Gasteiger partial charge >= 0.3 is 7.91 Å². The summed E-state index contributed by atoms with van der Waals surface area (Å²) >= 11 is 0. The van der Waals surface area contributed by atoms with Crippen LogP contribution in [0.3, 0.4) is 0 Å². The van der Waals surface area contributed by atoms with Crippen LogP contribution in [0, 0.1) is 0 Å². The molecule has 1 saturated heterocycles. The summed E-state index contributed by atoms with van der Waals surface area (Å²) < 4.78 is 25.7. The molecular weight excluding hydrogens is 232 g/mol. The molecule has 0 bridgehead atoms. The van der Waals surface area contributed by atoms with Gasteiger partial charge in [0.25, 0.3) is 0 Å². The van der Waals surface area contributed by atoms with Crippen LogP contribution in [0.1, 0.15) is 45.4 Å². The Morgan fingerprint density at radius 2 is 1.94 bits per heavy atom. The first-order valence-corrected chi connectivity index (χ1v) is 7.41. The fraction of sp³-hybridized carbons (Fsp3) is 1.00. The van der Waals surface area contributed by atoms with Crippen LogP contribution in [0.15, 0.2) is 0 Å². The second-order valence-corrected chi connectivity index (χ2v) is 4.96. The van der Waals surface area contributed by atoms with Crippen LogP contribution in [-0.4, -0.2) is 24.6 Å². The van der Waals surface area contributed by atoms with Crippen molar-refractivity contribution in [3.63, 3.8) is 0 Å². The van der Waals surface area contributed by atoms with Crippen LogP contribution in [0.25, 0.3) is 0 Å². The van der Waals surface area contributed by atoms with E-state index in [1.165, 1.54) is 25.9 Å².